The van der Waals surface area contributed by atoms with Gasteiger partial charge in [0.15, 0.2) is 5.11 Å². The van der Waals surface area contributed by atoms with Crippen molar-refractivity contribution in [1.29, 1.82) is 0 Å². The van der Waals surface area contributed by atoms with E-state index in [0.717, 1.165) is 40.1 Å². The number of esters is 1. The Balaban J connectivity index is 1.25. The van der Waals surface area contributed by atoms with Crippen LogP contribution < -0.4 is 10.6 Å². The van der Waals surface area contributed by atoms with Crippen molar-refractivity contribution < 1.29 is 9.53 Å². The lowest BCUT2D eigenvalue weighted by atomic mass is 9.49. The summed E-state index contributed by atoms with van der Waals surface area (Å²) in [6.07, 6.45) is 8.47. The molecule has 2 aromatic rings. The highest BCUT2D eigenvalue weighted by molar-refractivity contribution is 7.80. The van der Waals surface area contributed by atoms with E-state index >= 15 is 0 Å². The minimum atomic E-state index is -0.404. The Morgan fingerprint density at radius 2 is 1.90 bits per heavy atom. The maximum Gasteiger partial charge on any atom is 0.349 e. The molecule has 0 aliphatic heterocycles. The van der Waals surface area contributed by atoms with Crippen molar-refractivity contribution in [2.45, 2.75) is 38.5 Å². The van der Waals surface area contributed by atoms with Gasteiger partial charge in [-0.15, -0.1) is 11.3 Å². The number of rotatable bonds is 4. The Kier molecular flexibility index (Phi) is 5.00. The van der Waals surface area contributed by atoms with Crippen LogP contribution in [0, 0.1) is 23.2 Å². The molecule has 29 heavy (non-hydrogen) atoms. The van der Waals surface area contributed by atoms with Crippen molar-refractivity contribution >= 4 is 62.0 Å². The van der Waals surface area contributed by atoms with E-state index in [0.29, 0.717) is 20.4 Å². The van der Waals surface area contributed by atoms with E-state index in [1.54, 1.807) is 0 Å². The summed E-state index contributed by atoms with van der Waals surface area (Å²) in [5, 5.41) is 8.78. The zero-order valence-corrected chi connectivity index (χ0v) is 18.8. The SMILES string of the molecule is COC(=O)c1sc2cc(NC(=S)NCC34CC5CC(CC(C5)C3)C4)ccc2c1Cl. The molecule has 7 heteroatoms. The number of nitrogens with one attached hydrogen (secondary N) is 2. The van der Waals surface area contributed by atoms with Crippen LogP contribution in [0.25, 0.3) is 10.1 Å². The number of methoxy groups -OCH3 is 1. The summed E-state index contributed by atoms with van der Waals surface area (Å²) in [5.41, 5.74) is 1.34. The van der Waals surface area contributed by atoms with Crippen LogP contribution in [0.1, 0.15) is 48.2 Å². The summed E-state index contributed by atoms with van der Waals surface area (Å²) in [7, 11) is 1.37. The van der Waals surface area contributed by atoms with Gasteiger partial charge in [-0.3, -0.25) is 0 Å². The number of carbonyl (C=O) groups excluding carboxylic acids is 1. The van der Waals surface area contributed by atoms with Crippen LogP contribution in [-0.2, 0) is 4.74 Å². The molecule has 6 rings (SSSR count). The molecule has 1 heterocycles. The van der Waals surface area contributed by atoms with Gasteiger partial charge in [0.25, 0.3) is 0 Å². The number of fused-ring (bicyclic) bond motifs is 1. The lowest BCUT2D eigenvalue weighted by Gasteiger charge is -2.57. The van der Waals surface area contributed by atoms with Gasteiger partial charge < -0.3 is 15.4 Å². The summed E-state index contributed by atoms with van der Waals surface area (Å²) in [6, 6.07) is 5.85. The molecule has 0 saturated heterocycles. The molecule has 4 nitrogen and oxygen atoms in total. The van der Waals surface area contributed by atoms with Crippen LogP contribution in [-0.4, -0.2) is 24.7 Å². The van der Waals surface area contributed by atoms with Crippen molar-refractivity contribution in [2.75, 3.05) is 19.0 Å². The average Bonchev–Trinajstić information content (AvgIpc) is 3.01. The molecule has 4 saturated carbocycles. The van der Waals surface area contributed by atoms with Gasteiger partial charge in [-0.05, 0) is 92.1 Å². The van der Waals surface area contributed by atoms with Gasteiger partial charge >= 0.3 is 5.97 Å². The van der Waals surface area contributed by atoms with Crippen LogP contribution in [0.15, 0.2) is 18.2 Å². The molecular formula is C22H25ClN2O2S2. The van der Waals surface area contributed by atoms with Gasteiger partial charge in [-0.1, -0.05) is 11.6 Å². The van der Waals surface area contributed by atoms with Crippen LogP contribution in [0.3, 0.4) is 0 Å². The second-order valence-corrected chi connectivity index (χ2v) is 11.0. The second-order valence-electron chi connectivity index (χ2n) is 9.17. The molecule has 0 radical (unpaired) electrons. The fraction of sp³-hybridized carbons (Fsp3) is 0.545. The van der Waals surface area contributed by atoms with E-state index in [4.69, 9.17) is 28.6 Å². The minimum Gasteiger partial charge on any atom is -0.465 e. The molecule has 0 amide bonds. The Hall–Kier alpha value is -1.37. The first kappa shape index (κ1) is 19.6. The first-order valence-corrected chi connectivity index (χ1v) is 11.9. The Bertz CT molecular complexity index is 951. The van der Waals surface area contributed by atoms with Crippen LogP contribution in [0.2, 0.25) is 5.02 Å². The second kappa shape index (κ2) is 7.40. The predicted molar refractivity (Wildman–Crippen MR) is 123 cm³/mol. The molecule has 0 unspecified atom stereocenters. The van der Waals surface area contributed by atoms with E-state index in [-0.39, 0.29) is 0 Å². The number of halogens is 1. The molecule has 4 aliphatic carbocycles. The summed E-state index contributed by atoms with van der Waals surface area (Å²) in [6.45, 7) is 0.974. The summed E-state index contributed by atoms with van der Waals surface area (Å²) >= 11 is 13.3. The van der Waals surface area contributed by atoms with Gasteiger partial charge in [0, 0.05) is 22.3 Å². The number of thiophene rings is 1. The number of hydrogen-bond acceptors (Lipinski definition) is 4. The molecule has 4 bridgehead atoms. The summed E-state index contributed by atoms with van der Waals surface area (Å²) < 4.78 is 5.75. The Morgan fingerprint density at radius 3 is 2.52 bits per heavy atom. The number of hydrogen-bond donors (Lipinski definition) is 2. The molecule has 1 aromatic heterocycles. The first-order chi connectivity index (χ1) is 13.9. The van der Waals surface area contributed by atoms with Gasteiger partial charge in [-0.25, -0.2) is 4.79 Å². The predicted octanol–water partition coefficient (Wildman–Crippen LogP) is 5.84. The number of benzene rings is 1. The Morgan fingerprint density at radius 1 is 1.24 bits per heavy atom. The fourth-order valence-corrected chi connectivity index (χ4v) is 7.97. The largest absolute Gasteiger partial charge is 0.465 e. The van der Waals surface area contributed by atoms with Gasteiger partial charge in [0.05, 0.1) is 12.1 Å². The minimum absolute atomic E-state index is 0.404. The third kappa shape index (κ3) is 3.64. The summed E-state index contributed by atoms with van der Waals surface area (Å²) in [4.78, 5) is 12.3. The highest BCUT2D eigenvalue weighted by Crippen LogP contribution is 2.59. The van der Waals surface area contributed by atoms with Crippen LogP contribution in [0.4, 0.5) is 5.69 Å². The zero-order chi connectivity index (χ0) is 20.2. The first-order valence-electron chi connectivity index (χ1n) is 10.3. The zero-order valence-electron chi connectivity index (χ0n) is 16.4. The van der Waals surface area contributed by atoms with Crippen LogP contribution >= 0.6 is 35.2 Å². The maximum atomic E-state index is 11.9. The lowest BCUT2D eigenvalue weighted by Crippen LogP contribution is -2.51. The van der Waals surface area contributed by atoms with E-state index in [9.17, 15) is 4.79 Å². The number of ether oxygens (including phenoxy) is 1. The van der Waals surface area contributed by atoms with Crippen LogP contribution in [0.5, 0.6) is 0 Å². The quantitative estimate of drug-likeness (QED) is 0.454. The summed E-state index contributed by atoms with van der Waals surface area (Å²) in [5.74, 6) is 2.43. The normalized spacial score (nSPS) is 29.8. The molecule has 4 fully saturated rings. The molecule has 2 N–H and O–H groups in total. The average molecular weight is 449 g/mol. The third-order valence-corrected chi connectivity index (χ3v) is 8.93. The van der Waals surface area contributed by atoms with E-state index < -0.39 is 5.97 Å². The van der Waals surface area contributed by atoms with Gasteiger partial charge in [0.1, 0.15) is 4.88 Å². The van der Waals surface area contributed by atoms with Crippen molar-refractivity contribution in [3.8, 4) is 0 Å². The highest BCUT2D eigenvalue weighted by Gasteiger charge is 2.50. The number of carbonyl (C=O) groups is 1. The molecule has 4 aliphatic rings. The molecular weight excluding hydrogens is 424 g/mol. The lowest BCUT2D eigenvalue weighted by molar-refractivity contribution is -0.0490. The topological polar surface area (TPSA) is 50.4 Å². The van der Waals surface area contributed by atoms with Crippen molar-refractivity contribution in [2.24, 2.45) is 23.2 Å². The fourth-order valence-electron chi connectivity index (χ4n) is 6.32. The highest BCUT2D eigenvalue weighted by atomic mass is 35.5. The molecule has 154 valence electrons. The van der Waals surface area contributed by atoms with Crippen molar-refractivity contribution in [3.05, 3.63) is 28.1 Å². The standard InChI is InChI=1S/C22H25ClN2O2S2/c1-27-20(26)19-18(23)16-3-2-15(7-17(16)29-19)25-21(28)24-11-22-8-12-4-13(9-22)6-14(5-12)10-22/h2-3,7,12-14H,4-6,8-11H2,1H3,(H2,24,25,28). The smallest absolute Gasteiger partial charge is 0.349 e. The molecule has 0 atom stereocenters. The van der Waals surface area contributed by atoms with Gasteiger partial charge in [0.2, 0.25) is 0 Å². The number of anilines is 1. The van der Waals surface area contributed by atoms with Gasteiger partial charge in [-0.2, -0.15) is 0 Å². The monoisotopic (exact) mass is 448 g/mol. The molecule has 1 aromatic carbocycles. The molecule has 0 spiro atoms. The van der Waals surface area contributed by atoms with Crippen molar-refractivity contribution in [3.63, 3.8) is 0 Å². The number of thiocarbonyl (C=S) groups is 1. The van der Waals surface area contributed by atoms with Crippen molar-refractivity contribution in [1.82, 2.24) is 5.32 Å². The van der Waals surface area contributed by atoms with E-state index in [1.165, 1.54) is 57.0 Å². The maximum absolute atomic E-state index is 11.9. The third-order valence-electron chi connectivity index (χ3n) is 7.05. The van der Waals surface area contributed by atoms with E-state index in [2.05, 4.69) is 10.6 Å². The van der Waals surface area contributed by atoms with E-state index in [1.807, 2.05) is 18.2 Å². The Labute approximate surface area is 185 Å².